The van der Waals surface area contributed by atoms with Crippen molar-refractivity contribution in [1.82, 2.24) is 4.98 Å². The van der Waals surface area contributed by atoms with Crippen molar-refractivity contribution in [3.63, 3.8) is 0 Å². The third kappa shape index (κ3) is 2.15. The molecule has 0 saturated heterocycles. The molecule has 0 spiro atoms. The summed E-state index contributed by atoms with van der Waals surface area (Å²) in [6, 6.07) is 9.42. The molecule has 2 aromatic rings. The lowest BCUT2D eigenvalue weighted by molar-refractivity contribution is 1.21. The van der Waals surface area contributed by atoms with Crippen molar-refractivity contribution in [1.29, 1.82) is 5.26 Å². The van der Waals surface area contributed by atoms with Gasteiger partial charge in [-0.15, -0.1) is 0 Å². The quantitative estimate of drug-likeness (QED) is 0.877. The van der Waals surface area contributed by atoms with E-state index < -0.39 is 0 Å². The van der Waals surface area contributed by atoms with Crippen molar-refractivity contribution >= 4 is 15.9 Å². The van der Waals surface area contributed by atoms with Crippen LogP contribution in [0.4, 0.5) is 0 Å². The Morgan fingerprint density at radius 2 is 2.12 bits per heavy atom. The fourth-order valence-corrected chi connectivity index (χ4v) is 1.89. The van der Waals surface area contributed by atoms with Gasteiger partial charge in [0.25, 0.3) is 5.56 Å². The molecule has 3 nitrogen and oxygen atoms in total. The highest BCUT2D eigenvalue weighted by atomic mass is 79.9. The van der Waals surface area contributed by atoms with Crippen LogP contribution in [0, 0.1) is 18.3 Å². The van der Waals surface area contributed by atoms with Crippen LogP contribution in [0.1, 0.15) is 11.1 Å². The Hall–Kier alpha value is -1.86. The van der Waals surface area contributed by atoms with Gasteiger partial charge in [0, 0.05) is 16.2 Å². The lowest BCUT2D eigenvalue weighted by Crippen LogP contribution is -2.10. The number of H-pyrrole nitrogens is 1. The molecule has 17 heavy (non-hydrogen) atoms. The second-order valence-corrected chi connectivity index (χ2v) is 4.53. The lowest BCUT2D eigenvalue weighted by Gasteiger charge is -2.05. The molecule has 0 atom stereocenters. The number of nitrogens with one attached hydrogen (secondary N) is 1. The molecular weight excluding hydrogens is 280 g/mol. The maximum atomic E-state index is 11.5. The molecule has 0 fully saturated rings. The summed E-state index contributed by atoms with van der Waals surface area (Å²) in [6.45, 7) is 1.97. The van der Waals surface area contributed by atoms with Crippen molar-refractivity contribution in [2.75, 3.05) is 0 Å². The molecular formula is C13H9BrN2O. The Labute approximate surface area is 107 Å². The van der Waals surface area contributed by atoms with Crippen molar-refractivity contribution in [3.05, 3.63) is 56.4 Å². The molecule has 1 heterocycles. The van der Waals surface area contributed by atoms with E-state index in [0.717, 1.165) is 15.6 Å². The monoisotopic (exact) mass is 288 g/mol. The molecule has 2 rings (SSSR count). The van der Waals surface area contributed by atoms with E-state index in [1.165, 1.54) is 0 Å². The van der Waals surface area contributed by atoms with Crippen molar-refractivity contribution in [2.45, 2.75) is 6.92 Å². The van der Waals surface area contributed by atoms with E-state index >= 15 is 0 Å². The van der Waals surface area contributed by atoms with Crippen LogP contribution in [0.25, 0.3) is 11.1 Å². The number of aryl methyl sites for hydroxylation is 1. The number of pyridine rings is 1. The largest absolute Gasteiger partial charge is 0.328 e. The van der Waals surface area contributed by atoms with Crippen LogP contribution in [0.5, 0.6) is 0 Å². The molecule has 1 aromatic carbocycles. The van der Waals surface area contributed by atoms with Gasteiger partial charge in [-0.3, -0.25) is 4.79 Å². The predicted molar refractivity (Wildman–Crippen MR) is 69.7 cm³/mol. The van der Waals surface area contributed by atoms with Gasteiger partial charge >= 0.3 is 0 Å². The highest BCUT2D eigenvalue weighted by Gasteiger charge is 2.09. The first-order valence-electron chi connectivity index (χ1n) is 5.02. The lowest BCUT2D eigenvalue weighted by atomic mass is 10.0. The summed E-state index contributed by atoms with van der Waals surface area (Å²) in [6.07, 6.45) is 1.55. The number of aromatic amines is 1. The van der Waals surface area contributed by atoms with Crippen molar-refractivity contribution < 1.29 is 0 Å². The van der Waals surface area contributed by atoms with Gasteiger partial charge < -0.3 is 4.98 Å². The van der Waals surface area contributed by atoms with Crippen LogP contribution >= 0.6 is 15.9 Å². The standard InChI is InChI=1S/C13H9BrN2O/c1-8-6-9(2-3-12(8)14)10-4-5-16-13(17)11(10)7-15/h2-6H,1H3,(H,16,17). The summed E-state index contributed by atoms with van der Waals surface area (Å²) in [4.78, 5) is 14.0. The number of nitrogens with zero attached hydrogens (tertiary/aromatic N) is 1. The molecule has 0 aliphatic rings. The van der Waals surface area contributed by atoms with Crippen molar-refractivity contribution in [2.24, 2.45) is 0 Å². The molecule has 0 bridgehead atoms. The minimum Gasteiger partial charge on any atom is -0.328 e. The second kappa shape index (κ2) is 4.56. The zero-order valence-corrected chi connectivity index (χ0v) is 10.7. The SMILES string of the molecule is Cc1cc(-c2cc[nH]c(=O)c2C#N)ccc1Br. The van der Waals surface area contributed by atoms with E-state index in [1.807, 2.05) is 31.2 Å². The summed E-state index contributed by atoms with van der Waals surface area (Å²) in [5, 5.41) is 9.01. The predicted octanol–water partition coefficient (Wildman–Crippen LogP) is 2.98. The summed E-state index contributed by atoms with van der Waals surface area (Å²) in [5.74, 6) is 0. The van der Waals surface area contributed by atoms with E-state index in [0.29, 0.717) is 5.56 Å². The topological polar surface area (TPSA) is 56.6 Å². The molecule has 0 saturated carbocycles. The maximum Gasteiger partial charge on any atom is 0.266 e. The highest BCUT2D eigenvalue weighted by molar-refractivity contribution is 9.10. The number of hydrogen-bond acceptors (Lipinski definition) is 2. The number of benzene rings is 1. The fraction of sp³-hybridized carbons (Fsp3) is 0.0769. The average molecular weight is 289 g/mol. The fourth-order valence-electron chi connectivity index (χ4n) is 1.64. The van der Waals surface area contributed by atoms with Crippen LogP contribution in [-0.4, -0.2) is 4.98 Å². The molecule has 0 radical (unpaired) electrons. The van der Waals surface area contributed by atoms with Gasteiger partial charge in [0.1, 0.15) is 11.6 Å². The van der Waals surface area contributed by atoms with Crippen LogP contribution in [0.15, 0.2) is 39.7 Å². The minimum atomic E-state index is -0.356. The summed E-state index contributed by atoms with van der Waals surface area (Å²) >= 11 is 3.42. The molecule has 0 amide bonds. The molecule has 0 unspecified atom stereocenters. The van der Waals surface area contributed by atoms with Gasteiger partial charge in [-0.05, 0) is 30.2 Å². The number of nitriles is 1. The van der Waals surface area contributed by atoms with Crippen LogP contribution < -0.4 is 5.56 Å². The number of halogens is 1. The summed E-state index contributed by atoms with van der Waals surface area (Å²) in [5.41, 5.74) is 2.38. The van der Waals surface area contributed by atoms with Crippen molar-refractivity contribution in [3.8, 4) is 17.2 Å². The third-order valence-electron chi connectivity index (χ3n) is 2.54. The Bertz CT molecular complexity index is 668. The van der Waals surface area contributed by atoms with E-state index in [2.05, 4.69) is 20.9 Å². The van der Waals surface area contributed by atoms with Gasteiger partial charge in [-0.1, -0.05) is 28.1 Å². The molecule has 0 aliphatic carbocycles. The Kier molecular flexibility index (Phi) is 3.12. The minimum absolute atomic E-state index is 0.147. The zero-order chi connectivity index (χ0) is 12.4. The summed E-state index contributed by atoms with van der Waals surface area (Å²) in [7, 11) is 0. The van der Waals surface area contributed by atoms with Gasteiger partial charge in [-0.25, -0.2) is 0 Å². The van der Waals surface area contributed by atoms with E-state index in [-0.39, 0.29) is 11.1 Å². The Morgan fingerprint density at radius 1 is 1.35 bits per heavy atom. The number of hydrogen-bond donors (Lipinski definition) is 1. The van der Waals surface area contributed by atoms with E-state index in [1.54, 1.807) is 12.3 Å². The second-order valence-electron chi connectivity index (χ2n) is 3.67. The smallest absolute Gasteiger partial charge is 0.266 e. The molecule has 0 aliphatic heterocycles. The number of aromatic nitrogens is 1. The highest BCUT2D eigenvalue weighted by Crippen LogP contribution is 2.25. The Balaban J connectivity index is 2.69. The first kappa shape index (κ1) is 11.6. The average Bonchev–Trinajstić information content (AvgIpc) is 2.32. The van der Waals surface area contributed by atoms with Crippen LogP contribution in [-0.2, 0) is 0 Å². The van der Waals surface area contributed by atoms with Gasteiger partial charge in [0.2, 0.25) is 0 Å². The molecule has 1 aromatic heterocycles. The Morgan fingerprint density at radius 3 is 2.76 bits per heavy atom. The van der Waals surface area contributed by atoms with Crippen LogP contribution in [0.3, 0.4) is 0 Å². The van der Waals surface area contributed by atoms with Gasteiger partial charge in [-0.2, -0.15) is 5.26 Å². The van der Waals surface area contributed by atoms with E-state index in [4.69, 9.17) is 5.26 Å². The van der Waals surface area contributed by atoms with Gasteiger partial charge in [0.05, 0.1) is 0 Å². The van der Waals surface area contributed by atoms with E-state index in [9.17, 15) is 4.79 Å². The zero-order valence-electron chi connectivity index (χ0n) is 9.12. The molecule has 1 N–H and O–H groups in total. The molecule has 4 heteroatoms. The van der Waals surface area contributed by atoms with Crippen LogP contribution in [0.2, 0.25) is 0 Å². The summed E-state index contributed by atoms with van der Waals surface area (Å²) < 4.78 is 1.00. The first-order chi connectivity index (χ1) is 8.13. The normalized spacial score (nSPS) is 9.94. The third-order valence-corrected chi connectivity index (χ3v) is 3.43. The van der Waals surface area contributed by atoms with Gasteiger partial charge in [0.15, 0.2) is 0 Å². The molecule has 84 valence electrons. The first-order valence-corrected chi connectivity index (χ1v) is 5.81. The number of rotatable bonds is 1. The maximum absolute atomic E-state index is 11.5.